The maximum Gasteiger partial charge on any atom is 0.0672 e. The molecule has 3 rings (SSSR count). The van der Waals surface area contributed by atoms with Gasteiger partial charge in [0.25, 0.3) is 0 Å². The Hall–Kier alpha value is -1.13. The Kier molecular flexibility index (Phi) is 3.71. The van der Waals surface area contributed by atoms with Crippen molar-refractivity contribution in [2.75, 3.05) is 13.1 Å². The van der Waals surface area contributed by atoms with Gasteiger partial charge in [0.15, 0.2) is 0 Å². The topological polar surface area (TPSA) is 29.9 Å². The van der Waals surface area contributed by atoms with Gasteiger partial charge in [-0.25, -0.2) is 0 Å². The van der Waals surface area contributed by atoms with E-state index in [4.69, 9.17) is 0 Å². The molecule has 1 aliphatic rings. The summed E-state index contributed by atoms with van der Waals surface area (Å²) in [5.74, 6) is 0.720. The number of hydrogen-bond donors (Lipinski definition) is 1. The molecular weight excluding hydrogens is 302 g/mol. The molecule has 0 bridgehead atoms. The summed E-state index contributed by atoms with van der Waals surface area (Å²) in [6.07, 6.45) is 3.43. The van der Waals surface area contributed by atoms with E-state index in [-0.39, 0.29) is 0 Å². The Morgan fingerprint density at radius 2 is 2.16 bits per heavy atom. The molecule has 1 unspecified atom stereocenters. The summed E-state index contributed by atoms with van der Waals surface area (Å²) in [6, 6.07) is 8.42. The lowest BCUT2D eigenvalue weighted by Gasteiger charge is -2.07. The number of nitrogens with zero attached hydrogens (tertiary/aromatic N) is 2. The molecule has 1 aromatic carbocycles. The van der Waals surface area contributed by atoms with Gasteiger partial charge in [-0.05, 0) is 50.0 Å². The summed E-state index contributed by atoms with van der Waals surface area (Å²) < 4.78 is 3.21. The first-order valence-electron chi connectivity index (χ1n) is 6.73. The third-order valence-corrected chi connectivity index (χ3v) is 4.24. The molecule has 0 radical (unpaired) electrons. The van der Waals surface area contributed by atoms with Crippen LogP contribution in [0.15, 0.2) is 34.9 Å². The van der Waals surface area contributed by atoms with Crippen molar-refractivity contribution in [2.24, 2.45) is 5.92 Å². The van der Waals surface area contributed by atoms with E-state index >= 15 is 0 Å². The molecular formula is C15H18BrN3. The summed E-state index contributed by atoms with van der Waals surface area (Å²) in [6.45, 7) is 5.36. The Labute approximate surface area is 122 Å². The minimum absolute atomic E-state index is 0.720. The Morgan fingerprint density at radius 3 is 2.84 bits per heavy atom. The van der Waals surface area contributed by atoms with Crippen LogP contribution < -0.4 is 5.32 Å². The van der Waals surface area contributed by atoms with Gasteiger partial charge in [-0.3, -0.25) is 4.68 Å². The summed E-state index contributed by atoms with van der Waals surface area (Å²) in [5.41, 5.74) is 3.57. The lowest BCUT2D eigenvalue weighted by molar-refractivity contribution is 0.448. The van der Waals surface area contributed by atoms with E-state index in [1.807, 2.05) is 0 Å². The number of aromatic nitrogens is 2. The molecule has 0 spiro atoms. The fourth-order valence-electron chi connectivity index (χ4n) is 2.66. The van der Waals surface area contributed by atoms with Crippen LogP contribution in [-0.2, 0) is 6.54 Å². The van der Waals surface area contributed by atoms with Crippen LogP contribution in [0.2, 0.25) is 0 Å². The first kappa shape index (κ1) is 12.9. The molecule has 0 saturated carbocycles. The van der Waals surface area contributed by atoms with Gasteiger partial charge < -0.3 is 5.32 Å². The molecule has 1 atom stereocenters. The van der Waals surface area contributed by atoms with Crippen LogP contribution in [0, 0.1) is 12.8 Å². The third-order valence-electron chi connectivity index (χ3n) is 3.71. The summed E-state index contributed by atoms with van der Waals surface area (Å²) >= 11 is 3.47. The summed E-state index contributed by atoms with van der Waals surface area (Å²) in [7, 11) is 0. The molecule has 0 aliphatic carbocycles. The minimum atomic E-state index is 0.720. The zero-order valence-electron chi connectivity index (χ0n) is 11.1. The largest absolute Gasteiger partial charge is 0.316 e. The van der Waals surface area contributed by atoms with Gasteiger partial charge in [0.1, 0.15) is 0 Å². The highest BCUT2D eigenvalue weighted by Gasteiger charge is 2.16. The second-order valence-electron chi connectivity index (χ2n) is 5.22. The Bertz CT molecular complexity index is 553. The highest BCUT2D eigenvalue weighted by molar-refractivity contribution is 9.10. The van der Waals surface area contributed by atoms with E-state index < -0.39 is 0 Å². The van der Waals surface area contributed by atoms with Crippen molar-refractivity contribution in [1.82, 2.24) is 15.1 Å². The molecule has 100 valence electrons. The van der Waals surface area contributed by atoms with Crippen LogP contribution in [0.3, 0.4) is 0 Å². The van der Waals surface area contributed by atoms with E-state index in [2.05, 4.69) is 68.4 Å². The maximum atomic E-state index is 4.65. The van der Waals surface area contributed by atoms with Crippen molar-refractivity contribution in [3.05, 3.63) is 40.6 Å². The van der Waals surface area contributed by atoms with Crippen molar-refractivity contribution in [1.29, 1.82) is 0 Å². The number of nitrogens with one attached hydrogen (secondary N) is 1. The fourth-order valence-corrected chi connectivity index (χ4v) is 2.92. The normalized spacial score (nSPS) is 18.9. The molecule has 1 aliphatic heterocycles. The summed E-state index contributed by atoms with van der Waals surface area (Å²) in [4.78, 5) is 0. The molecule has 1 aromatic heterocycles. The fraction of sp³-hybridized carbons (Fsp3) is 0.400. The van der Waals surface area contributed by atoms with E-state index in [0.717, 1.165) is 35.7 Å². The second kappa shape index (κ2) is 5.47. The van der Waals surface area contributed by atoms with Gasteiger partial charge in [0.2, 0.25) is 0 Å². The average molecular weight is 320 g/mol. The number of rotatable bonds is 3. The third kappa shape index (κ3) is 2.90. The smallest absolute Gasteiger partial charge is 0.0672 e. The number of halogens is 1. The summed E-state index contributed by atoms with van der Waals surface area (Å²) in [5, 5.41) is 8.06. The van der Waals surface area contributed by atoms with E-state index in [1.54, 1.807) is 0 Å². The highest BCUT2D eigenvalue weighted by Crippen LogP contribution is 2.25. The number of hydrogen-bond acceptors (Lipinski definition) is 2. The molecule has 3 nitrogen and oxygen atoms in total. The van der Waals surface area contributed by atoms with Crippen molar-refractivity contribution in [3.63, 3.8) is 0 Å². The zero-order valence-corrected chi connectivity index (χ0v) is 12.7. The number of benzene rings is 1. The number of aryl methyl sites for hydroxylation is 1. The van der Waals surface area contributed by atoms with Gasteiger partial charge in [-0.15, -0.1) is 0 Å². The van der Waals surface area contributed by atoms with Crippen LogP contribution in [0.25, 0.3) is 11.1 Å². The van der Waals surface area contributed by atoms with Crippen molar-refractivity contribution < 1.29 is 0 Å². The van der Waals surface area contributed by atoms with Crippen molar-refractivity contribution in [3.8, 4) is 11.1 Å². The van der Waals surface area contributed by atoms with Gasteiger partial charge in [-0.2, -0.15) is 5.10 Å². The second-order valence-corrected chi connectivity index (χ2v) is 6.13. The average Bonchev–Trinajstić information content (AvgIpc) is 3.01. The molecule has 1 N–H and O–H groups in total. The lowest BCUT2D eigenvalue weighted by Crippen LogP contribution is -2.14. The molecule has 19 heavy (non-hydrogen) atoms. The van der Waals surface area contributed by atoms with Crippen LogP contribution in [-0.4, -0.2) is 22.9 Å². The van der Waals surface area contributed by atoms with Gasteiger partial charge in [0.05, 0.1) is 5.69 Å². The van der Waals surface area contributed by atoms with Crippen molar-refractivity contribution in [2.45, 2.75) is 19.9 Å². The predicted octanol–water partition coefficient (Wildman–Crippen LogP) is 3.23. The predicted molar refractivity (Wildman–Crippen MR) is 81.1 cm³/mol. The molecule has 2 aromatic rings. The molecule has 4 heteroatoms. The molecule has 1 fully saturated rings. The molecule has 2 heterocycles. The monoisotopic (exact) mass is 319 g/mol. The minimum Gasteiger partial charge on any atom is -0.316 e. The Balaban J connectivity index is 1.82. The molecule has 1 saturated heterocycles. The quantitative estimate of drug-likeness (QED) is 0.941. The van der Waals surface area contributed by atoms with Gasteiger partial charge in [-0.1, -0.05) is 28.1 Å². The SMILES string of the molecule is Cc1nn(CC2CCNC2)cc1-c1ccc(Br)cc1. The van der Waals surface area contributed by atoms with E-state index in [0.29, 0.717) is 0 Å². The highest BCUT2D eigenvalue weighted by atomic mass is 79.9. The zero-order chi connectivity index (χ0) is 13.2. The van der Waals surface area contributed by atoms with Gasteiger partial charge >= 0.3 is 0 Å². The molecule has 0 amide bonds. The first-order chi connectivity index (χ1) is 9.22. The lowest BCUT2D eigenvalue weighted by atomic mass is 10.1. The van der Waals surface area contributed by atoms with Crippen molar-refractivity contribution >= 4 is 15.9 Å². The van der Waals surface area contributed by atoms with Crippen LogP contribution in [0.4, 0.5) is 0 Å². The van der Waals surface area contributed by atoms with Crippen LogP contribution >= 0.6 is 15.9 Å². The van der Waals surface area contributed by atoms with Crippen LogP contribution in [0.5, 0.6) is 0 Å². The Morgan fingerprint density at radius 1 is 1.37 bits per heavy atom. The van der Waals surface area contributed by atoms with Gasteiger partial charge in [0, 0.05) is 22.8 Å². The van der Waals surface area contributed by atoms with Crippen LogP contribution in [0.1, 0.15) is 12.1 Å². The van der Waals surface area contributed by atoms with E-state index in [1.165, 1.54) is 17.5 Å². The maximum absolute atomic E-state index is 4.65. The standard InChI is InChI=1S/C15H18BrN3/c1-11-15(13-2-4-14(16)5-3-13)10-19(18-11)9-12-6-7-17-8-12/h2-5,10,12,17H,6-9H2,1H3. The first-order valence-corrected chi connectivity index (χ1v) is 7.52. The van der Waals surface area contributed by atoms with E-state index in [9.17, 15) is 0 Å².